The normalized spacial score (nSPS) is 31.2. The molecule has 0 spiro atoms. The van der Waals surface area contributed by atoms with Crippen molar-refractivity contribution in [2.75, 3.05) is 18.1 Å². The van der Waals surface area contributed by atoms with Crippen LogP contribution in [0.4, 0.5) is 0 Å². The summed E-state index contributed by atoms with van der Waals surface area (Å²) in [7, 11) is 0. The average Bonchev–Trinajstić information content (AvgIpc) is 2.49. The first kappa shape index (κ1) is 11.3. The van der Waals surface area contributed by atoms with Gasteiger partial charge in [0, 0.05) is 5.75 Å². The highest BCUT2D eigenvalue weighted by atomic mass is 32.2. The number of hydrogen-bond acceptors (Lipinski definition) is 4. The van der Waals surface area contributed by atoms with Crippen molar-refractivity contribution in [3.8, 4) is 0 Å². The molecule has 2 atom stereocenters. The van der Waals surface area contributed by atoms with Gasteiger partial charge in [0.15, 0.2) is 0 Å². The van der Waals surface area contributed by atoms with Crippen molar-refractivity contribution < 1.29 is 9.84 Å². The minimum atomic E-state index is -0.695. The zero-order valence-corrected chi connectivity index (χ0v) is 9.14. The standard InChI is InChI=1S/C9H19NO2S/c1-7(2)12-5-8(10)9(11)3-4-13-6-9/h7-8,11H,3-6,10H2,1-2H3. The molecule has 0 bridgehead atoms. The Labute approximate surface area is 84.0 Å². The fourth-order valence-corrected chi connectivity index (χ4v) is 2.67. The number of thioether (sulfide) groups is 1. The third-order valence-electron chi connectivity index (χ3n) is 2.33. The van der Waals surface area contributed by atoms with Crippen LogP contribution in [-0.4, -0.2) is 41.0 Å². The van der Waals surface area contributed by atoms with E-state index in [2.05, 4.69) is 0 Å². The Hall–Kier alpha value is 0.230. The Morgan fingerprint density at radius 2 is 2.31 bits per heavy atom. The summed E-state index contributed by atoms with van der Waals surface area (Å²) >= 11 is 1.76. The van der Waals surface area contributed by atoms with Gasteiger partial charge in [-0.05, 0) is 26.0 Å². The third-order valence-corrected chi connectivity index (χ3v) is 3.53. The lowest BCUT2D eigenvalue weighted by Gasteiger charge is -2.29. The Bertz CT molecular complexity index is 158. The van der Waals surface area contributed by atoms with Gasteiger partial charge in [-0.1, -0.05) is 0 Å². The molecule has 1 aliphatic rings. The van der Waals surface area contributed by atoms with Crippen LogP contribution in [-0.2, 0) is 4.74 Å². The van der Waals surface area contributed by atoms with Crippen LogP contribution < -0.4 is 5.73 Å². The molecule has 4 heteroatoms. The molecule has 0 aromatic carbocycles. The third kappa shape index (κ3) is 3.13. The summed E-state index contributed by atoms with van der Waals surface area (Å²) in [6.45, 7) is 4.40. The van der Waals surface area contributed by atoms with E-state index in [4.69, 9.17) is 10.5 Å². The average molecular weight is 205 g/mol. The van der Waals surface area contributed by atoms with Crippen LogP contribution in [0.1, 0.15) is 20.3 Å². The molecule has 1 rings (SSSR count). The number of aliphatic hydroxyl groups is 1. The van der Waals surface area contributed by atoms with Crippen LogP contribution in [0, 0.1) is 0 Å². The van der Waals surface area contributed by atoms with E-state index >= 15 is 0 Å². The molecular weight excluding hydrogens is 186 g/mol. The maximum absolute atomic E-state index is 10.0. The molecule has 1 saturated heterocycles. The predicted octanol–water partition coefficient (Wildman–Crippen LogP) is 0.607. The van der Waals surface area contributed by atoms with Gasteiger partial charge in [0.2, 0.25) is 0 Å². The minimum absolute atomic E-state index is 0.184. The summed E-state index contributed by atoms with van der Waals surface area (Å²) in [5.74, 6) is 1.75. The van der Waals surface area contributed by atoms with Crippen molar-refractivity contribution in [3.05, 3.63) is 0 Å². The summed E-state index contributed by atoms with van der Waals surface area (Å²) in [5.41, 5.74) is 5.18. The van der Waals surface area contributed by atoms with Gasteiger partial charge in [-0.25, -0.2) is 0 Å². The molecule has 0 saturated carbocycles. The van der Waals surface area contributed by atoms with Crippen LogP contribution in [0.2, 0.25) is 0 Å². The number of ether oxygens (including phenoxy) is 1. The second kappa shape index (κ2) is 4.64. The van der Waals surface area contributed by atoms with E-state index in [1.165, 1.54) is 0 Å². The van der Waals surface area contributed by atoms with Crippen LogP contribution in [0.15, 0.2) is 0 Å². The van der Waals surface area contributed by atoms with Gasteiger partial charge in [0.05, 0.1) is 24.4 Å². The number of nitrogens with two attached hydrogens (primary N) is 1. The van der Waals surface area contributed by atoms with E-state index in [1.54, 1.807) is 11.8 Å². The van der Waals surface area contributed by atoms with Crippen molar-refractivity contribution in [2.45, 2.75) is 38.0 Å². The molecule has 3 nitrogen and oxygen atoms in total. The summed E-state index contributed by atoms with van der Waals surface area (Å²) in [5, 5.41) is 10.0. The SMILES string of the molecule is CC(C)OCC(N)C1(O)CCSC1. The highest BCUT2D eigenvalue weighted by molar-refractivity contribution is 7.99. The lowest BCUT2D eigenvalue weighted by Crippen LogP contribution is -2.51. The van der Waals surface area contributed by atoms with E-state index in [-0.39, 0.29) is 12.1 Å². The topological polar surface area (TPSA) is 55.5 Å². The maximum Gasteiger partial charge on any atom is 0.0918 e. The summed E-state index contributed by atoms with van der Waals surface area (Å²) in [4.78, 5) is 0. The van der Waals surface area contributed by atoms with Crippen LogP contribution in [0.5, 0.6) is 0 Å². The highest BCUT2D eigenvalue weighted by Gasteiger charge is 2.37. The van der Waals surface area contributed by atoms with Crippen molar-refractivity contribution in [1.82, 2.24) is 0 Å². The second-order valence-electron chi connectivity index (χ2n) is 3.89. The van der Waals surface area contributed by atoms with E-state index in [0.29, 0.717) is 6.61 Å². The summed E-state index contributed by atoms with van der Waals surface area (Å²) in [6, 6.07) is -0.245. The van der Waals surface area contributed by atoms with E-state index in [0.717, 1.165) is 17.9 Å². The largest absolute Gasteiger partial charge is 0.387 e. The summed E-state index contributed by atoms with van der Waals surface area (Å²) in [6.07, 6.45) is 0.976. The molecule has 0 aromatic heterocycles. The highest BCUT2D eigenvalue weighted by Crippen LogP contribution is 2.30. The Balaban J connectivity index is 2.33. The summed E-state index contributed by atoms with van der Waals surface area (Å²) < 4.78 is 5.39. The van der Waals surface area contributed by atoms with E-state index in [9.17, 15) is 5.11 Å². The van der Waals surface area contributed by atoms with Crippen LogP contribution in [0.3, 0.4) is 0 Å². The quantitative estimate of drug-likeness (QED) is 0.706. The van der Waals surface area contributed by atoms with Crippen molar-refractivity contribution >= 4 is 11.8 Å². The first-order valence-electron chi connectivity index (χ1n) is 4.72. The number of rotatable bonds is 4. The molecule has 0 aromatic rings. The van der Waals surface area contributed by atoms with Crippen LogP contribution in [0.25, 0.3) is 0 Å². The molecule has 13 heavy (non-hydrogen) atoms. The lowest BCUT2D eigenvalue weighted by molar-refractivity contribution is -0.0149. The molecule has 78 valence electrons. The molecule has 1 fully saturated rings. The van der Waals surface area contributed by atoms with Gasteiger partial charge in [0.25, 0.3) is 0 Å². The maximum atomic E-state index is 10.0. The molecule has 2 unspecified atom stereocenters. The van der Waals surface area contributed by atoms with E-state index in [1.807, 2.05) is 13.8 Å². The first-order valence-corrected chi connectivity index (χ1v) is 5.87. The second-order valence-corrected chi connectivity index (χ2v) is 5.00. The lowest BCUT2D eigenvalue weighted by atomic mass is 9.95. The van der Waals surface area contributed by atoms with Crippen molar-refractivity contribution in [2.24, 2.45) is 5.73 Å². The number of hydrogen-bond donors (Lipinski definition) is 2. The fourth-order valence-electron chi connectivity index (χ4n) is 1.31. The molecule has 3 N–H and O–H groups in total. The van der Waals surface area contributed by atoms with Gasteiger partial charge in [-0.3, -0.25) is 0 Å². The predicted molar refractivity (Wildman–Crippen MR) is 56.0 cm³/mol. The van der Waals surface area contributed by atoms with Crippen molar-refractivity contribution in [1.29, 1.82) is 0 Å². The zero-order valence-electron chi connectivity index (χ0n) is 8.32. The van der Waals surface area contributed by atoms with Crippen molar-refractivity contribution in [3.63, 3.8) is 0 Å². The van der Waals surface area contributed by atoms with E-state index < -0.39 is 5.60 Å². The van der Waals surface area contributed by atoms with Gasteiger partial charge in [-0.15, -0.1) is 0 Å². The first-order chi connectivity index (χ1) is 6.04. The minimum Gasteiger partial charge on any atom is -0.387 e. The van der Waals surface area contributed by atoms with Gasteiger partial charge < -0.3 is 15.6 Å². The zero-order chi connectivity index (χ0) is 9.90. The Kier molecular flexibility index (Phi) is 4.04. The smallest absolute Gasteiger partial charge is 0.0918 e. The van der Waals surface area contributed by atoms with Gasteiger partial charge in [0.1, 0.15) is 0 Å². The van der Waals surface area contributed by atoms with Crippen LogP contribution >= 0.6 is 11.8 Å². The molecular formula is C9H19NO2S. The monoisotopic (exact) mass is 205 g/mol. The molecule has 0 aliphatic carbocycles. The van der Waals surface area contributed by atoms with Gasteiger partial charge >= 0.3 is 0 Å². The van der Waals surface area contributed by atoms with Gasteiger partial charge in [-0.2, -0.15) is 11.8 Å². The molecule has 0 radical (unpaired) electrons. The Morgan fingerprint density at radius 1 is 1.62 bits per heavy atom. The molecule has 1 heterocycles. The molecule has 1 aliphatic heterocycles. The molecule has 0 amide bonds. The Morgan fingerprint density at radius 3 is 2.77 bits per heavy atom. The fraction of sp³-hybridized carbons (Fsp3) is 1.00.